The van der Waals surface area contributed by atoms with Crippen LogP contribution < -0.4 is 5.32 Å². The lowest BCUT2D eigenvalue weighted by Crippen LogP contribution is -2.37. The number of amides is 1. The third-order valence-electron chi connectivity index (χ3n) is 4.98. The van der Waals surface area contributed by atoms with E-state index in [1.54, 1.807) is 0 Å². The van der Waals surface area contributed by atoms with E-state index < -0.39 is 0 Å². The number of fused-ring (bicyclic) bond motifs is 1. The van der Waals surface area contributed by atoms with Gasteiger partial charge in [-0.2, -0.15) is 0 Å². The smallest absolute Gasteiger partial charge is 0.220 e. The predicted octanol–water partition coefficient (Wildman–Crippen LogP) is 3.81. The monoisotopic (exact) mass is 298 g/mol. The van der Waals surface area contributed by atoms with Crippen LogP contribution in [0.4, 0.5) is 0 Å². The van der Waals surface area contributed by atoms with Crippen LogP contribution in [0.15, 0.2) is 30.5 Å². The summed E-state index contributed by atoms with van der Waals surface area (Å²) in [5, 5.41) is 4.49. The largest absolute Gasteiger partial charge is 0.353 e. The van der Waals surface area contributed by atoms with Gasteiger partial charge in [-0.3, -0.25) is 4.79 Å². The van der Waals surface area contributed by atoms with E-state index in [2.05, 4.69) is 54.3 Å². The topological polar surface area (TPSA) is 34.0 Å². The molecule has 0 radical (unpaired) electrons. The van der Waals surface area contributed by atoms with Crippen molar-refractivity contribution in [3.05, 3.63) is 36.0 Å². The van der Waals surface area contributed by atoms with E-state index in [0.29, 0.717) is 12.5 Å². The Kier molecular flexibility index (Phi) is 4.51. The summed E-state index contributed by atoms with van der Waals surface area (Å²) < 4.78 is 2.14. The fourth-order valence-electron chi connectivity index (χ4n) is 3.58. The highest BCUT2D eigenvalue weighted by Gasteiger charge is 2.19. The number of benzene rings is 1. The molecule has 22 heavy (non-hydrogen) atoms. The predicted molar refractivity (Wildman–Crippen MR) is 90.8 cm³/mol. The van der Waals surface area contributed by atoms with Gasteiger partial charge in [0.05, 0.1) is 0 Å². The number of hydrogen-bond acceptors (Lipinski definition) is 1. The molecule has 1 aromatic carbocycles. The van der Waals surface area contributed by atoms with E-state index in [0.717, 1.165) is 25.2 Å². The Hall–Kier alpha value is -1.77. The van der Waals surface area contributed by atoms with Crippen LogP contribution in [0.5, 0.6) is 0 Å². The van der Waals surface area contributed by atoms with Crippen molar-refractivity contribution in [3.8, 4) is 0 Å². The molecule has 3 nitrogen and oxygen atoms in total. The number of carbonyl (C=O) groups excluding carboxylic acids is 1. The Labute approximate surface area is 132 Å². The molecule has 0 atom stereocenters. The van der Waals surface area contributed by atoms with Crippen LogP contribution in [0.1, 0.15) is 44.6 Å². The molecule has 0 bridgehead atoms. The van der Waals surface area contributed by atoms with Crippen LogP contribution in [0.2, 0.25) is 0 Å². The zero-order valence-corrected chi connectivity index (χ0v) is 13.6. The number of para-hydroxylation sites is 1. The van der Waals surface area contributed by atoms with Crippen molar-refractivity contribution in [2.45, 2.75) is 51.5 Å². The maximum Gasteiger partial charge on any atom is 0.220 e. The molecule has 2 aromatic rings. The van der Waals surface area contributed by atoms with Gasteiger partial charge in [0.2, 0.25) is 5.91 Å². The summed E-state index contributed by atoms with van der Waals surface area (Å²) in [5.74, 6) is 1.02. The molecule has 0 saturated heterocycles. The minimum absolute atomic E-state index is 0.201. The summed E-state index contributed by atoms with van der Waals surface area (Å²) in [6, 6.07) is 8.79. The van der Waals surface area contributed by atoms with Gasteiger partial charge in [-0.05, 0) is 49.7 Å². The Balaban J connectivity index is 1.56. The molecule has 1 heterocycles. The van der Waals surface area contributed by atoms with Crippen molar-refractivity contribution >= 4 is 16.8 Å². The number of nitrogens with zero attached hydrogens (tertiary/aromatic N) is 1. The molecule has 118 valence electrons. The number of aromatic nitrogens is 1. The zero-order valence-electron chi connectivity index (χ0n) is 13.6. The first-order valence-electron chi connectivity index (χ1n) is 8.46. The number of hydrogen-bond donors (Lipinski definition) is 1. The standard InChI is InChI=1S/C19H26N2O/c1-14-7-10-16(11-8-14)20-19(22)12-9-15-13-21(2)18-6-4-3-5-17(15)18/h3-6,13-14,16H,7-12H2,1-2H3,(H,20,22). The van der Waals surface area contributed by atoms with Crippen molar-refractivity contribution < 1.29 is 4.79 Å². The summed E-state index contributed by atoms with van der Waals surface area (Å²) in [4.78, 5) is 12.2. The molecule has 1 aromatic heterocycles. The van der Waals surface area contributed by atoms with Gasteiger partial charge in [-0.25, -0.2) is 0 Å². The van der Waals surface area contributed by atoms with Gasteiger partial charge in [0.15, 0.2) is 0 Å². The second-order valence-electron chi connectivity index (χ2n) is 6.81. The van der Waals surface area contributed by atoms with E-state index in [1.165, 1.54) is 29.3 Å². The first kappa shape index (κ1) is 15.1. The molecular formula is C19H26N2O. The molecule has 3 rings (SSSR count). The fraction of sp³-hybridized carbons (Fsp3) is 0.526. The van der Waals surface area contributed by atoms with Crippen LogP contribution in [-0.4, -0.2) is 16.5 Å². The van der Waals surface area contributed by atoms with Crippen LogP contribution in [-0.2, 0) is 18.3 Å². The lowest BCUT2D eigenvalue weighted by atomic mass is 9.87. The second-order valence-corrected chi connectivity index (χ2v) is 6.81. The molecule has 1 fully saturated rings. The van der Waals surface area contributed by atoms with Gasteiger partial charge in [0, 0.05) is 36.6 Å². The molecular weight excluding hydrogens is 272 g/mol. The third kappa shape index (κ3) is 3.34. The maximum absolute atomic E-state index is 12.2. The lowest BCUT2D eigenvalue weighted by molar-refractivity contribution is -0.122. The highest BCUT2D eigenvalue weighted by molar-refractivity contribution is 5.85. The van der Waals surface area contributed by atoms with Gasteiger partial charge in [-0.1, -0.05) is 25.1 Å². The van der Waals surface area contributed by atoms with E-state index in [1.807, 2.05) is 0 Å². The van der Waals surface area contributed by atoms with E-state index >= 15 is 0 Å². The van der Waals surface area contributed by atoms with Crippen molar-refractivity contribution in [2.75, 3.05) is 0 Å². The molecule has 1 aliphatic rings. The van der Waals surface area contributed by atoms with Crippen LogP contribution in [0.3, 0.4) is 0 Å². The molecule has 1 N–H and O–H groups in total. The molecule has 0 unspecified atom stereocenters. The summed E-state index contributed by atoms with van der Waals surface area (Å²) in [6.07, 6.45) is 8.32. The molecule has 0 aliphatic heterocycles. The van der Waals surface area contributed by atoms with Crippen molar-refractivity contribution in [1.29, 1.82) is 0 Å². The number of nitrogens with one attached hydrogen (secondary N) is 1. The van der Waals surface area contributed by atoms with Crippen LogP contribution in [0, 0.1) is 5.92 Å². The zero-order chi connectivity index (χ0) is 15.5. The van der Waals surface area contributed by atoms with Gasteiger partial charge in [0.25, 0.3) is 0 Å². The molecule has 0 spiro atoms. The van der Waals surface area contributed by atoms with Crippen LogP contribution in [0.25, 0.3) is 10.9 Å². The molecule has 1 aliphatic carbocycles. The Bertz CT molecular complexity index is 650. The van der Waals surface area contributed by atoms with E-state index in [4.69, 9.17) is 0 Å². The summed E-state index contributed by atoms with van der Waals surface area (Å²) in [5.41, 5.74) is 2.50. The fourth-order valence-corrected chi connectivity index (χ4v) is 3.58. The summed E-state index contributed by atoms with van der Waals surface area (Å²) in [6.45, 7) is 2.30. The molecule has 1 amide bonds. The minimum atomic E-state index is 0.201. The average molecular weight is 298 g/mol. The number of aryl methyl sites for hydroxylation is 2. The van der Waals surface area contributed by atoms with Crippen LogP contribution >= 0.6 is 0 Å². The van der Waals surface area contributed by atoms with Gasteiger partial charge in [0.1, 0.15) is 0 Å². The van der Waals surface area contributed by atoms with E-state index in [9.17, 15) is 4.79 Å². The number of carbonyl (C=O) groups is 1. The first-order chi connectivity index (χ1) is 10.6. The Morgan fingerprint density at radius 3 is 2.73 bits per heavy atom. The minimum Gasteiger partial charge on any atom is -0.353 e. The van der Waals surface area contributed by atoms with E-state index in [-0.39, 0.29) is 5.91 Å². The van der Waals surface area contributed by atoms with Gasteiger partial charge >= 0.3 is 0 Å². The quantitative estimate of drug-likeness (QED) is 0.915. The average Bonchev–Trinajstić information content (AvgIpc) is 2.85. The highest BCUT2D eigenvalue weighted by Crippen LogP contribution is 2.24. The second kappa shape index (κ2) is 6.55. The summed E-state index contributed by atoms with van der Waals surface area (Å²) >= 11 is 0. The third-order valence-corrected chi connectivity index (χ3v) is 4.98. The lowest BCUT2D eigenvalue weighted by Gasteiger charge is -2.26. The van der Waals surface area contributed by atoms with Gasteiger partial charge in [-0.15, -0.1) is 0 Å². The maximum atomic E-state index is 12.2. The highest BCUT2D eigenvalue weighted by atomic mass is 16.1. The van der Waals surface area contributed by atoms with Crippen molar-refractivity contribution in [1.82, 2.24) is 9.88 Å². The first-order valence-corrected chi connectivity index (χ1v) is 8.46. The van der Waals surface area contributed by atoms with Crippen molar-refractivity contribution in [2.24, 2.45) is 13.0 Å². The van der Waals surface area contributed by atoms with Crippen molar-refractivity contribution in [3.63, 3.8) is 0 Å². The number of rotatable bonds is 4. The molecule has 1 saturated carbocycles. The normalized spacial score (nSPS) is 21.9. The Morgan fingerprint density at radius 1 is 1.23 bits per heavy atom. The Morgan fingerprint density at radius 2 is 1.95 bits per heavy atom. The van der Waals surface area contributed by atoms with Gasteiger partial charge < -0.3 is 9.88 Å². The SMILES string of the molecule is CC1CCC(NC(=O)CCc2cn(C)c3ccccc23)CC1. The molecule has 3 heteroatoms. The summed E-state index contributed by atoms with van der Waals surface area (Å²) in [7, 11) is 2.06.